The average molecular weight is 404 g/mol. The summed E-state index contributed by atoms with van der Waals surface area (Å²) in [5.41, 5.74) is 0.962. The largest absolute Gasteiger partial charge is 0.507 e. The number of non-ortho nitro benzene ring substituents is 1. The molecular formula is C22H16N2O6. The van der Waals surface area contributed by atoms with Gasteiger partial charge in [0, 0.05) is 23.4 Å². The molecule has 2 aromatic carbocycles. The molecule has 0 spiro atoms. The molecule has 1 atom stereocenters. The summed E-state index contributed by atoms with van der Waals surface area (Å²) in [6, 6.07) is 14.5. The van der Waals surface area contributed by atoms with E-state index in [0.29, 0.717) is 5.69 Å². The first-order valence-electron chi connectivity index (χ1n) is 9.04. The van der Waals surface area contributed by atoms with Crippen LogP contribution < -0.4 is 4.90 Å². The average Bonchev–Trinajstić information content (AvgIpc) is 3.35. The maximum Gasteiger partial charge on any atom is 0.300 e. The van der Waals surface area contributed by atoms with Gasteiger partial charge >= 0.3 is 0 Å². The number of Topliss-reactive ketones (excluding diaryl/α,β-unsaturated/α-hetero) is 1. The Bertz CT molecular complexity index is 1200. The van der Waals surface area contributed by atoms with E-state index in [9.17, 15) is 24.8 Å². The number of aliphatic hydroxyl groups excluding tert-OH is 1. The molecule has 0 bridgehead atoms. The predicted octanol–water partition coefficient (Wildman–Crippen LogP) is 4.12. The van der Waals surface area contributed by atoms with Gasteiger partial charge in [-0.05, 0) is 36.8 Å². The molecule has 30 heavy (non-hydrogen) atoms. The molecule has 1 aromatic heterocycles. The van der Waals surface area contributed by atoms with E-state index in [1.165, 1.54) is 29.4 Å². The number of carbonyl (C=O) groups is 2. The summed E-state index contributed by atoms with van der Waals surface area (Å²) in [6.45, 7) is 1.85. The Morgan fingerprint density at radius 2 is 1.87 bits per heavy atom. The standard InChI is InChI=1S/C22H16N2O6/c1-13-5-2-7-15(11-13)23-19(17-9-4-10-30-17)18(21(26)22(23)27)20(25)14-6-3-8-16(12-14)24(28)29/h2-12,19,25H,1H3/b20-18-. The highest BCUT2D eigenvalue weighted by Gasteiger charge is 2.48. The molecule has 4 rings (SSSR count). The van der Waals surface area contributed by atoms with E-state index in [1.54, 1.807) is 30.3 Å². The number of nitro groups is 1. The third kappa shape index (κ3) is 3.14. The first-order chi connectivity index (χ1) is 14.4. The minimum absolute atomic E-state index is 0.0583. The second-order valence-electron chi connectivity index (χ2n) is 6.83. The number of hydrogen-bond donors (Lipinski definition) is 1. The molecule has 0 aliphatic carbocycles. The van der Waals surface area contributed by atoms with Crippen LogP contribution in [0.5, 0.6) is 0 Å². The van der Waals surface area contributed by atoms with Gasteiger partial charge in [0.2, 0.25) is 0 Å². The van der Waals surface area contributed by atoms with Gasteiger partial charge in [-0.15, -0.1) is 0 Å². The van der Waals surface area contributed by atoms with Gasteiger partial charge in [0.15, 0.2) is 0 Å². The second-order valence-corrected chi connectivity index (χ2v) is 6.83. The third-order valence-corrected chi connectivity index (χ3v) is 4.87. The Labute approximate surface area is 170 Å². The van der Waals surface area contributed by atoms with Crippen molar-refractivity contribution >= 4 is 28.8 Å². The van der Waals surface area contributed by atoms with Crippen LogP contribution in [-0.2, 0) is 9.59 Å². The molecule has 0 radical (unpaired) electrons. The summed E-state index contributed by atoms with van der Waals surface area (Å²) in [5.74, 6) is -1.95. The van der Waals surface area contributed by atoms with Gasteiger partial charge in [0.05, 0.1) is 16.8 Å². The number of carbonyl (C=O) groups excluding carboxylic acids is 2. The molecule has 150 valence electrons. The van der Waals surface area contributed by atoms with Crippen molar-refractivity contribution in [1.82, 2.24) is 0 Å². The number of rotatable bonds is 4. The first-order valence-corrected chi connectivity index (χ1v) is 9.04. The highest BCUT2D eigenvalue weighted by atomic mass is 16.6. The molecule has 2 heterocycles. The number of furan rings is 1. The van der Waals surface area contributed by atoms with Crippen LogP contribution >= 0.6 is 0 Å². The van der Waals surface area contributed by atoms with Crippen molar-refractivity contribution in [1.29, 1.82) is 0 Å². The quantitative estimate of drug-likeness (QED) is 0.230. The summed E-state index contributed by atoms with van der Waals surface area (Å²) in [4.78, 5) is 37.6. The van der Waals surface area contributed by atoms with E-state index in [4.69, 9.17) is 4.42 Å². The molecule has 1 saturated heterocycles. The summed E-state index contributed by atoms with van der Waals surface area (Å²) in [7, 11) is 0. The van der Waals surface area contributed by atoms with Gasteiger partial charge in [-0.25, -0.2) is 0 Å². The van der Waals surface area contributed by atoms with E-state index >= 15 is 0 Å². The van der Waals surface area contributed by atoms with E-state index < -0.39 is 28.4 Å². The molecule has 1 aliphatic rings. The fourth-order valence-corrected chi connectivity index (χ4v) is 3.51. The topological polar surface area (TPSA) is 114 Å². The molecule has 1 amide bonds. The van der Waals surface area contributed by atoms with Crippen LogP contribution in [0.1, 0.15) is 22.9 Å². The zero-order valence-corrected chi connectivity index (χ0v) is 15.8. The van der Waals surface area contributed by atoms with Crippen LogP contribution in [0.25, 0.3) is 5.76 Å². The molecule has 0 saturated carbocycles. The van der Waals surface area contributed by atoms with Crippen molar-refractivity contribution in [2.45, 2.75) is 13.0 Å². The van der Waals surface area contributed by atoms with Gasteiger partial charge in [0.1, 0.15) is 17.6 Å². The maximum absolute atomic E-state index is 12.9. The predicted molar refractivity (Wildman–Crippen MR) is 108 cm³/mol. The zero-order valence-electron chi connectivity index (χ0n) is 15.8. The minimum Gasteiger partial charge on any atom is -0.507 e. The Morgan fingerprint density at radius 3 is 2.53 bits per heavy atom. The second kappa shape index (κ2) is 7.32. The van der Waals surface area contributed by atoms with E-state index in [0.717, 1.165) is 11.6 Å². The van der Waals surface area contributed by atoms with Crippen molar-refractivity contribution in [3.05, 3.63) is 99.5 Å². The SMILES string of the molecule is Cc1cccc(N2C(=O)C(=O)/C(=C(\O)c3cccc([N+](=O)[O-])c3)C2c2ccco2)c1. The Balaban J connectivity index is 1.93. The summed E-state index contributed by atoms with van der Waals surface area (Å²) in [5, 5.41) is 22.0. The highest BCUT2D eigenvalue weighted by molar-refractivity contribution is 6.51. The lowest BCUT2D eigenvalue weighted by Crippen LogP contribution is -2.29. The lowest BCUT2D eigenvalue weighted by atomic mass is 9.99. The van der Waals surface area contributed by atoms with Crippen molar-refractivity contribution in [2.75, 3.05) is 4.90 Å². The number of nitro benzene ring substituents is 1. The normalized spacial score (nSPS) is 18.0. The minimum atomic E-state index is -1.01. The number of amides is 1. The van der Waals surface area contributed by atoms with Crippen LogP contribution in [0.4, 0.5) is 11.4 Å². The van der Waals surface area contributed by atoms with Crippen LogP contribution in [0.15, 0.2) is 76.9 Å². The fraction of sp³-hybridized carbons (Fsp3) is 0.0909. The number of nitrogens with zero attached hydrogens (tertiary/aromatic N) is 2. The summed E-state index contributed by atoms with van der Waals surface area (Å²) < 4.78 is 5.47. The Hall–Kier alpha value is -4.20. The van der Waals surface area contributed by atoms with Crippen LogP contribution in [0.3, 0.4) is 0 Å². The Kier molecular flexibility index (Phi) is 4.67. The molecule has 1 aliphatic heterocycles. The molecule has 8 heteroatoms. The number of benzene rings is 2. The Morgan fingerprint density at radius 1 is 1.10 bits per heavy atom. The maximum atomic E-state index is 12.9. The smallest absolute Gasteiger partial charge is 0.300 e. The molecule has 1 N–H and O–H groups in total. The van der Waals surface area contributed by atoms with Gasteiger partial charge in [-0.1, -0.05) is 24.3 Å². The molecule has 1 unspecified atom stereocenters. The van der Waals surface area contributed by atoms with Crippen molar-refractivity contribution in [3.63, 3.8) is 0 Å². The first kappa shape index (κ1) is 19.1. The van der Waals surface area contributed by atoms with Crippen LogP contribution in [0.2, 0.25) is 0 Å². The molecule has 1 fully saturated rings. The van der Waals surface area contributed by atoms with E-state index in [1.807, 2.05) is 13.0 Å². The van der Waals surface area contributed by atoms with Gasteiger partial charge in [-0.2, -0.15) is 0 Å². The number of ketones is 1. The lowest BCUT2D eigenvalue weighted by molar-refractivity contribution is -0.384. The van der Waals surface area contributed by atoms with Gasteiger partial charge < -0.3 is 9.52 Å². The van der Waals surface area contributed by atoms with E-state index in [2.05, 4.69) is 0 Å². The molecular weight excluding hydrogens is 388 g/mol. The molecule has 8 nitrogen and oxygen atoms in total. The monoisotopic (exact) mass is 404 g/mol. The van der Waals surface area contributed by atoms with E-state index in [-0.39, 0.29) is 22.6 Å². The van der Waals surface area contributed by atoms with Crippen molar-refractivity contribution in [3.8, 4) is 0 Å². The van der Waals surface area contributed by atoms with Crippen molar-refractivity contribution in [2.24, 2.45) is 0 Å². The zero-order chi connectivity index (χ0) is 21.4. The number of aliphatic hydroxyl groups is 1. The van der Waals surface area contributed by atoms with Crippen molar-refractivity contribution < 1.29 is 24.0 Å². The van der Waals surface area contributed by atoms with Crippen LogP contribution in [0, 0.1) is 17.0 Å². The lowest BCUT2D eigenvalue weighted by Gasteiger charge is -2.23. The number of hydrogen-bond acceptors (Lipinski definition) is 6. The van der Waals surface area contributed by atoms with Gasteiger partial charge in [-0.3, -0.25) is 24.6 Å². The summed E-state index contributed by atoms with van der Waals surface area (Å²) >= 11 is 0. The fourth-order valence-electron chi connectivity index (χ4n) is 3.51. The highest BCUT2D eigenvalue weighted by Crippen LogP contribution is 2.42. The van der Waals surface area contributed by atoms with Gasteiger partial charge in [0.25, 0.3) is 17.4 Å². The molecule has 3 aromatic rings. The number of aryl methyl sites for hydroxylation is 1. The summed E-state index contributed by atoms with van der Waals surface area (Å²) in [6.07, 6.45) is 1.40. The van der Waals surface area contributed by atoms with Crippen LogP contribution in [-0.4, -0.2) is 21.7 Å². The number of anilines is 1. The third-order valence-electron chi connectivity index (χ3n) is 4.87.